The molecule has 156 valence electrons. The minimum Gasteiger partial charge on any atom is -0.465 e. The number of hydrogen-bond acceptors (Lipinski definition) is 8. The molecular formula is C20H21N5O4S. The maximum atomic E-state index is 12.5. The number of nitrogens with one attached hydrogen (secondary N) is 1. The number of aromatic nitrogens is 4. The average Bonchev–Trinajstić information content (AvgIpc) is 3.19. The number of nitrogens with zero attached hydrogens (tertiary/aromatic N) is 4. The lowest BCUT2D eigenvalue weighted by Gasteiger charge is -2.11. The summed E-state index contributed by atoms with van der Waals surface area (Å²) in [6.07, 6.45) is 3.37. The fourth-order valence-electron chi connectivity index (χ4n) is 2.69. The summed E-state index contributed by atoms with van der Waals surface area (Å²) < 4.78 is 11.8. The molecule has 0 aliphatic heterocycles. The molecule has 0 fully saturated rings. The molecule has 0 bridgehead atoms. The zero-order valence-corrected chi connectivity index (χ0v) is 17.4. The SMILES string of the molecule is COCCn1c(SCC(=O)Nc2ccccc2C(=O)OC)nnc1-c1ccncc1. The van der Waals surface area contributed by atoms with Gasteiger partial charge in [0.1, 0.15) is 0 Å². The highest BCUT2D eigenvalue weighted by Gasteiger charge is 2.17. The highest BCUT2D eigenvalue weighted by Crippen LogP contribution is 2.24. The molecule has 30 heavy (non-hydrogen) atoms. The summed E-state index contributed by atoms with van der Waals surface area (Å²) in [7, 11) is 2.92. The number of anilines is 1. The van der Waals surface area contributed by atoms with E-state index in [1.807, 2.05) is 16.7 Å². The minimum atomic E-state index is -0.514. The highest BCUT2D eigenvalue weighted by molar-refractivity contribution is 7.99. The number of methoxy groups -OCH3 is 2. The molecule has 0 unspecified atom stereocenters. The number of carbonyl (C=O) groups excluding carboxylic acids is 2. The van der Waals surface area contributed by atoms with Crippen LogP contribution in [0.15, 0.2) is 53.9 Å². The van der Waals surface area contributed by atoms with Crippen molar-refractivity contribution in [3.8, 4) is 11.4 Å². The number of amides is 1. The van der Waals surface area contributed by atoms with E-state index in [-0.39, 0.29) is 11.7 Å². The largest absolute Gasteiger partial charge is 0.465 e. The van der Waals surface area contributed by atoms with Crippen molar-refractivity contribution in [2.75, 3.05) is 31.9 Å². The molecule has 0 spiro atoms. The molecule has 0 aliphatic rings. The molecular weight excluding hydrogens is 406 g/mol. The Kier molecular flexibility index (Phi) is 7.52. The highest BCUT2D eigenvalue weighted by atomic mass is 32.2. The first kappa shape index (κ1) is 21.5. The number of para-hydroxylation sites is 1. The van der Waals surface area contributed by atoms with E-state index in [9.17, 15) is 9.59 Å². The van der Waals surface area contributed by atoms with Crippen LogP contribution in [-0.2, 0) is 20.8 Å². The van der Waals surface area contributed by atoms with Crippen molar-refractivity contribution in [2.24, 2.45) is 0 Å². The summed E-state index contributed by atoms with van der Waals surface area (Å²) in [6.45, 7) is 1.01. The lowest BCUT2D eigenvalue weighted by atomic mass is 10.2. The van der Waals surface area contributed by atoms with Crippen LogP contribution in [-0.4, -0.2) is 58.2 Å². The van der Waals surface area contributed by atoms with E-state index in [2.05, 4.69) is 20.5 Å². The smallest absolute Gasteiger partial charge is 0.339 e. The summed E-state index contributed by atoms with van der Waals surface area (Å²) in [5.74, 6) is -0.0203. The lowest BCUT2D eigenvalue weighted by Crippen LogP contribution is -2.17. The van der Waals surface area contributed by atoms with Crippen molar-refractivity contribution in [1.29, 1.82) is 0 Å². The Morgan fingerprint density at radius 2 is 1.87 bits per heavy atom. The quantitative estimate of drug-likeness (QED) is 0.410. The zero-order valence-electron chi connectivity index (χ0n) is 16.6. The van der Waals surface area contributed by atoms with Gasteiger partial charge in [0.15, 0.2) is 11.0 Å². The molecule has 1 aromatic carbocycles. The Bertz CT molecular complexity index is 1010. The van der Waals surface area contributed by atoms with Gasteiger partial charge in [-0.15, -0.1) is 10.2 Å². The topological polar surface area (TPSA) is 108 Å². The van der Waals surface area contributed by atoms with Crippen LogP contribution in [0.4, 0.5) is 5.69 Å². The van der Waals surface area contributed by atoms with Crippen molar-refractivity contribution in [3.05, 3.63) is 54.4 Å². The maximum Gasteiger partial charge on any atom is 0.339 e. The molecule has 0 saturated carbocycles. The third-order valence-electron chi connectivity index (χ3n) is 4.11. The van der Waals surface area contributed by atoms with E-state index in [4.69, 9.17) is 9.47 Å². The molecule has 2 heterocycles. The second kappa shape index (κ2) is 10.5. The van der Waals surface area contributed by atoms with Crippen molar-refractivity contribution in [1.82, 2.24) is 19.7 Å². The van der Waals surface area contributed by atoms with Crippen molar-refractivity contribution < 1.29 is 19.1 Å². The monoisotopic (exact) mass is 427 g/mol. The second-order valence-corrected chi connectivity index (χ2v) is 7.00. The maximum absolute atomic E-state index is 12.5. The number of pyridine rings is 1. The van der Waals surface area contributed by atoms with Crippen LogP contribution in [0, 0.1) is 0 Å². The third-order valence-corrected chi connectivity index (χ3v) is 5.08. The Morgan fingerprint density at radius 1 is 1.10 bits per heavy atom. The van der Waals surface area contributed by atoms with E-state index < -0.39 is 5.97 Å². The molecule has 9 nitrogen and oxygen atoms in total. The van der Waals surface area contributed by atoms with E-state index in [1.165, 1.54) is 18.9 Å². The Labute approximate surface area is 177 Å². The fraction of sp³-hybridized carbons (Fsp3) is 0.250. The number of benzene rings is 1. The number of rotatable bonds is 9. The number of ether oxygens (including phenoxy) is 2. The number of carbonyl (C=O) groups is 2. The van der Waals surface area contributed by atoms with E-state index in [1.54, 1.807) is 43.8 Å². The van der Waals surface area contributed by atoms with Crippen LogP contribution >= 0.6 is 11.8 Å². The van der Waals surface area contributed by atoms with Crippen LogP contribution in [0.3, 0.4) is 0 Å². The Balaban J connectivity index is 1.72. The molecule has 0 aliphatic carbocycles. The minimum absolute atomic E-state index is 0.0942. The Morgan fingerprint density at radius 3 is 2.60 bits per heavy atom. The summed E-state index contributed by atoms with van der Waals surface area (Å²) in [6, 6.07) is 10.4. The van der Waals surface area contributed by atoms with E-state index >= 15 is 0 Å². The number of esters is 1. The zero-order chi connectivity index (χ0) is 21.3. The van der Waals surface area contributed by atoms with Crippen molar-refractivity contribution >= 4 is 29.3 Å². The van der Waals surface area contributed by atoms with Crippen LogP contribution in [0.1, 0.15) is 10.4 Å². The normalized spacial score (nSPS) is 10.6. The standard InChI is InChI=1S/C20H21N5O4S/c1-28-12-11-25-18(14-7-9-21-10-8-14)23-24-20(25)30-13-17(26)22-16-6-4-3-5-15(16)19(27)29-2/h3-10H,11-13H2,1-2H3,(H,22,26). The molecule has 1 amide bonds. The summed E-state index contributed by atoms with van der Waals surface area (Å²) in [5, 5.41) is 11.8. The summed E-state index contributed by atoms with van der Waals surface area (Å²) in [4.78, 5) is 28.4. The first-order chi connectivity index (χ1) is 14.6. The van der Waals surface area contributed by atoms with Gasteiger partial charge in [0, 0.05) is 25.1 Å². The molecule has 10 heteroatoms. The molecule has 3 aromatic rings. The first-order valence-corrected chi connectivity index (χ1v) is 10.0. The molecule has 0 radical (unpaired) electrons. The predicted molar refractivity (Wildman–Crippen MR) is 112 cm³/mol. The summed E-state index contributed by atoms with van der Waals surface area (Å²) >= 11 is 1.25. The fourth-order valence-corrected chi connectivity index (χ4v) is 3.46. The van der Waals surface area contributed by atoms with Crippen LogP contribution in [0.2, 0.25) is 0 Å². The van der Waals surface area contributed by atoms with Crippen molar-refractivity contribution in [2.45, 2.75) is 11.7 Å². The van der Waals surface area contributed by atoms with Crippen LogP contribution < -0.4 is 5.32 Å². The molecule has 0 atom stereocenters. The van der Waals surface area contributed by atoms with Crippen LogP contribution in [0.5, 0.6) is 0 Å². The third kappa shape index (κ3) is 5.22. The van der Waals surface area contributed by atoms with Gasteiger partial charge < -0.3 is 14.8 Å². The first-order valence-electron chi connectivity index (χ1n) is 9.06. The van der Waals surface area contributed by atoms with Gasteiger partial charge in [0.2, 0.25) is 5.91 Å². The van der Waals surface area contributed by atoms with Gasteiger partial charge in [-0.2, -0.15) is 0 Å². The molecule has 0 saturated heterocycles. The summed E-state index contributed by atoms with van der Waals surface area (Å²) in [5.41, 5.74) is 1.56. The molecule has 3 rings (SSSR count). The van der Waals surface area contributed by atoms with E-state index in [0.717, 1.165) is 5.56 Å². The van der Waals surface area contributed by atoms with Gasteiger partial charge in [-0.3, -0.25) is 14.3 Å². The van der Waals surface area contributed by atoms with Crippen molar-refractivity contribution in [3.63, 3.8) is 0 Å². The predicted octanol–water partition coefficient (Wildman–Crippen LogP) is 2.50. The van der Waals surface area contributed by atoms with Crippen LogP contribution in [0.25, 0.3) is 11.4 Å². The molecule has 2 aromatic heterocycles. The number of thioether (sulfide) groups is 1. The second-order valence-electron chi connectivity index (χ2n) is 6.06. The molecule has 1 N–H and O–H groups in total. The van der Waals surface area contributed by atoms with Gasteiger partial charge in [0.25, 0.3) is 0 Å². The van der Waals surface area contributed by atoms with Gasteiger partial charge in [-0.05, 0) is 24.3 Å². The number of hydrogen-bond donors (Lipinski definition) is 1. The average molecular weight is 427 g/mol. The van der Waals surface area contributed by atoms with E-state index in [0.29, 0.717) is 35.4 Å². The van der Waals surface area contributed by atoms with Gasteiger partial charge in [-0.1, -0.05) is 23.9 Å². The van der Waals surface area contributed by atoms with Gasteiger partial charge >= 0.3 is 5.97 Å². The van der Waals surface area contributed by atoms with Gasteiger partial charge in [0.05, 0.1) is 37.3 Å². The lowest BCUT2D eigenvalue weighted by molar-refractivity contribution is -0.113. The Hall–Kier alpha value is -3.24. The van der Waals surface area contributed by atoms with Gasteiger partial charge in [-0.25, -0.2) is 4.79 Å².